The summed E-state index contributed by atoms with van der Waals surface area (Å²) in [4.78, 5) is 50.8. The monoisotopic (exact) mass is 543 g/mol. The number of amides is 1. The van der Waals surface area contributed by atoms with Gasteiger partial charge in [0.1, 0.15) is 12.7 Å². The molecule has 0 aromatic heterocycles. The molecule has 0 radical (unpaired) electrons. The molecule has 0 bridgehead atoms. The lowest BCUT2D eigenvalue weighted by atomic mass is 9.99. The average molecular weight is 544 g/mol. The van der Waals surface area contributed by atoms with Crippen molar-refractivity contribution < 1.29 is 43.2 Å². The van der Waals surface area contributed by atoms with Crippen LogP contribution in [0.15, 0.2) is 103 Å². The SMILES string of the molecule is O=C1C=CC(O)([C@@H]2O[C@H](COC(=O)c3ccccc3)[C@@H](OC(=O)c3ccccc3)[C@H]2OC(=O)c2ccccc2)N1. The molecule has 10 nitrogen and oxygen atoms in total. The molecule has 2 heterocycles. The maximum Gasteiger partial charge on any atom is 0.338 e. The highest BCUT2D eigenvalue weighted by molar-refractivity contribution is 5.92. The van der Waals surface area contributed by atoms with E-state index in [0.29, 0.717) is 0 Å². The summed E-state index contributed by atoms with van der Waals surface area (Å²) in [6.45, 7) is -0.413. The van der Waals surface area contributed by atoms with Crippen molar-refractivity contribution in [3.05, 3.63) is 120 Å². The molecule has 1 saturated heterocycles. The zero-order valence-corrected chi connectivity index (χ0v) is 21.0. The second kappa shape index (κ2) is 11.5. The lowest BCUT2D eigenvalue weighted by molar-refractivity contribution is -0.138. The van der Waals surface area contributed by atoms with Crippen LogP contribution in [0, 0.1) is 0 Å². The van der Waals surface area contributed by atoms with E-state index in [4.69, 9.17) is 18.9 Å². The standard InChI is InChI=1S/C30H25NO9/c32-23-16-17-30(36,31-23)26-25(40-29(35)21-14-8-3-9-15-21)24(39-28(34)20-12-6-2-7-13-20)22(38-26)18-37-27(33)19-10-4-1-5-11-19/h1-17,22,24-26,36H,18H2,(H,31,32)/t22-,24-,25-,26-,30?/m1/s1. The zero-order valence-electron chi connectivity index (χ0n) is 21.0. The minimum atomic E-state index is -2.10. The highest BCUT2D eigenvalue weighted by Gasteiger charge is 2.58. The van der Waals surface area contributed by atoms with E-state index in [9.17, 15) is 24.3 Å². The number of carbonyl (C=O) groups excluding carboxylic acids is 4. The molecule has 2 aliphatic rings. The van der Waals surface area contributed by atoms with Crippen molar-refractivity contribution >= 4 is 23.8 Å². The topological polar surface area (TPSA) is 137 Å². The molecule has 2 aliphatic heterocycles. The fraction of sp³-hybridized carbons (Fsp3) is 0.200. The molecule has 2 N–H and O–H groups in total. The normalized spacial score (nSPS) is 25.2. The Kier molecular flexibility index (Phi) is 7.72. The summed E-state index contributed by atoms with van der Waals surface area (Å²) >= 11 is 0. The number of hydrogen-bond acceptors (Lipinski definition) is 9. The van der Waals surface area contributed by atoms with Crippen molar-refractivity contribution in [1.82, 2.24) is 5.32 Å². The summed E-state index contributed by atoms with van der Waals surface area (Å²) in [7, 11) is 0. The number of carbonyl (C=O) groups is 4. The number of hydrogen-bond donors (Lipinski definition) is 2. The summed E-state index contributed by atoms with van der Waals surface area (Å²) < 4.78 is 23.0. The number of aliphatic hydroxyl groups is 1. The first-order valence-electron chi connectivity index (χ1n) is 12.5. The molecule has 3 aromatic rings. The smallest absolute Gasteiger partial charge is 0.338 e. The first-order valence-corrected chi connectivity index (χ1v) is 12.5. The van der Waals surface area contributed by atoms with Gasteiger partial charge in [-0.25, -0.2) is 14.4 Å². The minimum absolute atomic E-state index is 0.200. The fourth-order valence-corrected chi connectivity index (χ4v) is 4.48. The first-order chi connectivity index (χ1) is 19.3. The molecule has 0 saturated carbocycles. The Morgan fingerprint density at radius 1 is 0.750 bits per heavy atom. The number of nitrogens with one attached hydrogen (secondary N) is 1. The van der Waals surface area contributed by atoms with Gasteiger partial charge in [0.05, 0.1) is 16.7 Å². The van der Waals surface area contributed by atoms with Crippen LogP contribution in [0.4, 0.5) is 0 Å². The predicted molar refractivity (Wildman–Crippen MR) is 139 cm³/mol. The third-order valence-corrected chi connectivity index (χ3v) is 6.45. The molecule has 1 unspecified atom stereocenters. The molecule has 40 heavy (non-hydrogen) atoms. The summed E-state index contributed by atoms with van der Waals surface area (Å²) in [5.74, 6) is -2.80. The van der Waals surface area contributed by atoms with Gasteiger partial charge >= 0.3 is 17.9 Å². The van der Waals surface area contributed by atoms with Crippen LogP contribution in [0.1, 0.15) is 31.1 Å². The van der Waals surface area contributed by atoms with E-state index in [-0.39, 0.29) is 16.7 Å². The summed E-state index contributed by atoms with van der Waals surface area (Å²) in [5, 5.41) is 13.6. The Balaban J connectivity index is 1.46. The molecule has 5 atom stereocenters. The molecule has 5 rings (SSSR count). The second-order valence-corrected chi connectivity index (χ2v) is 9.18. The predicted octanol–water partition coefficient (Wildman–Crippen LogP) is 2.44. The number of benzene rings is 3. The third kappa shape index (κ3) is 5.78. The molecule has 204 valence electrons. The van der Waals surface area contributed by atoms with E-state index >= 15 is 0 Å². The van der Waals surface area contributed by atoms with Crippen molar-refractivity contribution in [1.29, 1.82) is 0 Å². The lowest BCUT2D eigenvalue weighted by Crippen LogP contribution is -2.57. The third-order valence-electron chi connectivity index (χ3n) is 6.45. The molecule has 1 amide bonds. The van der Waals surface area contributed by atoms with Crippen molar-refractivity contribution in [2.75, 3.05) is 6.61 Å². The molecule has 3 aromatic carbocycles. The summed E-state index contributed by atoms with van der Waals surface area (Å²) in [5.41, 5.74) is -1.40. The van der Waals surface area contributed by atoms with E-state index in [2.05, 4.69) is 5.32 Å². The van der Waals surface area contributed by atoms with Crippen LogP contribution in [-0.4, -0.2) is 65.7 Å². The van der Waals surface area contributed by atoms with Gasteiger partial charge in [-0.15, -0.1) is 0 Å². The Labute approximate surface area is 229 Å². The van der Waals surface area contributed by atoms with E-state index in [1.165, 1.54) is 12.1 Å². The van der Waals surface area contributed by atoms with Gasteiger partial charge < -0.3 is 29.4 Å². The molecular weight excluding hydrogens is 518 g/mol. The van der Waals surface area contributed by atoms with Crippen LogP contribution in [0.2, 0.25) is 0 Å². The van der Waals surface area contributed by atoms with Gasteiger partial charge in [0, 0.05) is 6.08 Å². The molecule has 0 spiro atoms. The van der Waals surface area contributed by atoms with Gasteiger partial charge in [0.25, 0.3) is 0 Å². The Hall–Kier alpha value is -4.80. The van der Waals surface area contributed by atoms with Crippen molar-refractivity contribution in [2.24, 2.45) is 0 Å². The lowest BCUT2D eigenvalue weighted by Gasteiger charge is -2.32. The van der Waals surface area contributed by atoms with Gasteiger partial charge in [-0.05, 0) is 42.5 Å². The Bertz CT molecular complexity index is 1410. The largest absolute Gasteiger partial charge is 0.459 e. The van der Waals surface area contributed by atoms with Gasteiger partial charge in [0.2, 0.25) is 5.91 Å². The summed E-state index contributed by atoms with van der Waals surface area (Å²) in [6.07, 6.45) is -3.06. The van der Waals surface area contributed by atoms with Gasteiger partial charge in [-0.3, -0.25) is 4.79 Å². The summed E-state index contributed by atoms with van der Waals surface area (Å²) in [6, 6.07) is 24.4. The van der Waals surface area contributed by atoms with E-state index in [1.807, 2.05) is 0 Å². The molecule has 0 aliphatic carbocycles. The van der Waals surface area contributed by atoms with Crippen LogP contribution in [-0.2, 0) is 23.7 Å². The van der Waals surface area contributed by atoms with Crippen molar-refractivity contribution in [3.63, 3.8) is 0 Å². The highest BCUT2D eigenvalue weighted by atomic mass is 16.7. The van der Waals surface area contributed by atoms with Crippen LogP contribution in [0.3, 0.4) is 0 Å². The Morgan fingerprint density at radius 3 is 1.70 bits per heavy atom. The van der Waals surface area contributed by atoms with Crippen LogP contribution in [0.5, 0.6) is 0 Å². The Morgan fingerprint density at radius 2 is 1.23 bits per heavy atom. The van der Waals surface area contributed by atoms with E-state index < -0.39 is 60.6 Å². The number of ether oxygens (including phenoxy) is 4. The van der Waals surface area contributed by atoms with E-state index in [1.54, 1.807) is 78.9 Å². The first kappa shape index (κ1) is 26.8. The molecular formula is C30H25NO9. The van der Waals surface area contributed by atoms with Gasteiger partial charge in [-0.2, -0.15) is 0 Å². The van der Waals surface area contributed by atoms with Crippen molar-refractivity contribution in [3.8, 4) is 0 Å². The van der Waals surface area contributed by atoms with Crippen molar-refractivity contribution in [2.45, 2.75) is 30.1 Å². The number of rotatable bonds is 8. The van der Waals surface area contributed by atoms with Gasteiger partial charge in [0.15, 0.2) is 24.0 Å². The van der Waals surface area contributed by atoms with Gasteiger partial charge in [-0.1, -0.05) is 54.6 Å². The zero-order chi connectivity index (χ0) is 28.1. The van der Waals surface area contributed by atoms with Crippen LogP contribution < -0.4 is 5.32 Å². The minimum Gasteiger partial charge on any atom is -0.459 e. The molecule has 10 heteroatoms. The average Bonchev–Trinajstić information content (AvgIpc) is 3.52. The maximum atomic E-state index is 13.1. The van der Waals surface area contributed by atoms with Crippen LogP contribution in [0.25, 0.3) is 0 Å². The fourth-order valence-electron chi connectivity index (χ4n) is 4.48. The van der Waals surface area contributed by atoms with Crippen LogP contribution >= 0.6 is 0 Å². The molecule has 1 fully saturated rings. The second-order valence-electron chi connectivity index (χ2n) is 9.18. The quantitative estimate of drug-likeness (QED) is 0.324. The number of esters is 3. The van der Waals surface area contributed by atoms with E-state index in [0.717, 1.165) is 12.2 Å². The maximum absolute atomic E-state index is 13.1. The highest BCUT2D eigenvalue weighted by Crippen LogP contribution is 2.35.